The number of carbonyl (C=O) groups excluding carboxylic acids is 2. The average Bonchev–Trinajstić information content (AvgIpc) is 3.68. The van der Waals surface area contributed by atoms with Gasteiger partial charge in [-0.1, -0.05) is 41.0 Å². The Morgan fingerprint density at radius 1 is 1.14 bits per heavy atom. The fourth-order valence-electron chi connectivity index (χ4n) is 5.67. The van der Waals surface area contributed by atoms with Crippen LogP contribution in [0.4, 0.5) is 19.3 Å². The lowest BCUT2D eigenvalue weighted by Gasteiger charge is -2.36. The Hall–Kier alpha value is -2.99. The van der Waals surface area contributed by atoms with Crippen LogP contribution in [0.3, 0.4) is 0 Å². The highest BCUT2D eigenvalue weighted by molar-refractivity contribution is 7.99. The largest absolute Gasteiger partial charge is 0.505 e. The van der Waals surface area contributed by atoms with Crippen molar-refractivity contribution in [1.82, 2.24) is 14.8 Å². The highest BCUT2D eigenvalue weighted by Gasteiger charge is 2.37. The molecule has 3 aliphatic rings. The predicted octanol–water partition coefficient (Wildman–Crippen LogP) is 7.33. The molecular weight excluding hydrogens is 657 g/mol. The van der Waals surface area contributed by atoms with Gasteiger partial charge in [0.2, 0.25) is 0 Å². The zero-order chi connectivity index (χ0) is 31.5. The summed E-state index contributed by atoms with van der Waals surface area (Å²) in [4.78, 5) is 47.5. The monoisotopic (exact) mass is 682 g/mol. The number of benzene rings is 2. The SMILES string of the molecule is Cc1c(O)c(N2CCCN(CC3CC3)C2=O)cc2c1CN(C(=O)c1c(Sc3c(Cl)cccc3Cl)cc(C(F)(F)Cl)[nH]c1=O)C2. The van der Waals surface area contributed by atoms with E-state index in [4.69, 9.17) is 34.8 Å². The Kier molecular flexibility index (Phi) is 8.28. The lowest BCUT2D eigenvalue weighted by atomic mass is 10.0. The molecule has 3 heterocycles. The highest BCUT2D eigenvalue weighted by atomic mass is 35.5. The second-order valence-corrected chi connectivity index (χ2v) is 13.6. The molecule has 0 radical (unpaired) electrons. The molecule has 3 amide bonds. The molecule has 0 unspecified atom stereocenters. The normalized spacial score (nSPS) is 17.0. The fraction of sp³-hybridized carbons (Fsp3) is 0.367. The number of phenolic OH excluding ortho intramolecular Hbond substituents is 1. The van der Waals surface area contributed by atoms with E-state index in [1.54, 1.807) is 36.1 Å². The topological polar surface area (TPSA) is 96.9 Å². The molecule has 2 aromatic carbocycles. The summed E-state index contributed by atoms with van der Waals surface area (Å²) in [7, 11) is 0. The van der Waals surface area contributed by atoms with Gasteiger partial charge in [-0.2, -0.15) is 8.78 Å². The lowest BCUT2D eigenvalue weighted by molar-refractivity contribution is 0.0740. The van der Waals surface area contributed by atoms with Gasteiger partial charge in [-0.3, -0.25) is 14.5 Å². The minimum absolute atomic E-state index is 0.0455. The summed E-state index contributed by atoms with van der Waals surface area (Å²) in [5.74, 6) is -0.239. The minimum atomic E-state index is -3.91. The van der Waals surface area contributed by atoms with Crippen molar-refractivity contribution in [3.05, 3.63) is 78.7 Å². The molecule has 2 fully saturated rings. The lowest BCUT2D eigenvalue weighted by Crippen LogP contribution is -2.50. The van der Waals surface area contributed by atoms with Crippen molar-refractivity contribution in [2.45, 2.75) is 54.4 Å². The smallest absolute Gasteiger partial charge is 0.362 e. The van der Waals surface area contributed by atoms with Gasteiger partial charge in [0.1, 0.15) is 17.0 Å². The van der Waals surface area contributed by atoms with Crippen molar-refractivity contribution in [1.29, 1.82) is 0 Å². The van der Waals surface area contributed by atoms with Crippen molar-refractivity contribution in [3.8, 4) is 5.75 Å². The second kappa shape index (κ2) is 11.7. The van der Waals surface area contributed by atoms with Crippen molar-refractivity contribution >= 4 is 64.2 Å². The summed E-state index contributed by atoms with van der Waals surface area (Å²) in [6.45, 7) is 3.66. The summed E-state index contributed by atoms with van der Waals surface area (Å²) >= 11 is 18.7. The van der Waals surface area contributed by atoms with Crippen LogP contribution in [0, 0.1) is 12.8 Å². The average molecular weight is 684 g/mol. The molecule has 1 aliphatic carbocycles. The maximum Gasteiger partial charge on any atom is 0.362 e. The Morgan fingerprint density at radius 3 is 2.50 bits per heavy atom. The Morgan fingerprint density at radius 2 is 1.84 bits per heavy atom. The molecule has 6 rings (SSSR count). The van der Waals surface area contributed by atoms with Crippen LogP contribution in [0.15, 0.2) is 44.9 Å². The summed E-state index contributed by atoms with van der Waals surface area (Å²) in [6.07, 6.45) is 2.99. The number of nitrogens with one attached hydrogen (secondary N) is 1. The summed E-state index contributed by atoms with van der Waals surface area (Å²) in [6, 6.07) is 7.19. The van der Waals surface area contributed by atoms with Crippen LogP contribution in [0.25, 0.3) is 0 Å². The quantitative estimate of drug-likeness (QED) is 0.254. The molecule has 232 valence electrons. The number of aromatic amines is 1. The second-order valence-electron chi connectivity index (χ2n) is 11.2. The molecule has 0 bridgehead atoms. The van der Waals surface area contributed by atoms with Gasteiger partial charge < -0.3 is 19.9 Å². The Labute approximate surface area is 270 Å². The first-order valence-electron chi connectivity index (χ1n) is 14.0. The number of carbonyl (C=O) groups is 2. The van der Waals surface area contributed by atoms with Gasteiger partial charge in [-0.15, -0.1) is 0 Å². The highest BCUT2D eigenvalue weighted by Crippen LogP contribution is 2.44. The van der Waals surface area contributed by atoms with Gasteiger partial charge in [0.05, 0.1) is 15.7 Å². The first kappa shape index (κ1) is 31.0. The van der Waals surface area contributed by atoms with Crippen molar-refractivity contribution in [3.63, 3.8) is 0 Å². The Balaban J connectivity index is 1.33. The summed E-state index contributed by atoms with van der Waals surface area (Å²) in [5, 5.41) is 7.68. The number of fused-ring (bicyclic) bond motifs is 1. The number of urea groups is 1. The number of hydrogen-bond acceptors (Lipinski definition) is 5. The van der Waals surface area contributed by atoms with Crippen LogP contribution in [0.2, 0.25) is 10.0 Å². The van der Waals surface area contributed by atoms with Gasteiger partial charge in [0.25, 0.3) is 11.5 Å². The molecule has 1 saturated heterocycles. The molecule has 1 saturated carbocycles. The molecule has 0 atom stereocenters. The first-order valence-corrected chi connectivity index (χ1v) is 15.9. The number of pyridine rings is 1. The standard InChI is InChI=1S/C30H27Cl3F2N4O4S/c1-15-18-14-38(13-17(18)10-21(25(15)40)39-9-3-8-37(29(39)43)12-16-6-7-16)28(42)24-22(11-23(30(33,34)35)36-27(24)41)44-26-19(31)4-2-5-20(26)32/h2,4-5,10-11,16,40H,3,6-9,12-14H2,1H3,(H,36,41). The molecule has 3 aromatic rings. The number of halogens is 5. The molecule has 2 N–H and O–H groups in total. The number of aromatic nitrogens is 1. The van der Waals surface area contributed by atoms with E-state index < -0.39 is 22.5 Å². The van der Waals surface area contributed by atoms with Gasteiger partial charge >= 0.3 is 11.4 Å². The zero-order valence-electron chi connectivity index (χ0n) is 23.4. The number of alkyl halides is 3. The van der Waals surface area contributed by atoms with Crippen LogP contribution in [0.5, 0.6) is 5.75 Å². The molecule has 8 nitrogen and oxygen atoms in total. The van der Waals surface area contributed by atoms with E-state index in [1.807, 2.05) is 9.88 Å². The summed E-state index contributed by atoms with van der Waals surface area (Å²) < 4.78 is 28.2. The van der Waals surface area contributed by atoms with Gasteiger partial charge in [0.15, 0.2) is 0 Å². The number of aromatic hydroxyl groups is 1. The molecule has 0 spiro atoms. The fourth-order valence-corrected chi connectivity index (χ4v) is 7.41. The molecule has 1 aromatic heterocycles. The number of phenols is 1. The van der Waals surface area contributed by atoms with Crippen LogP contribution >= 0.6 is 46.6 Å². The molecule has 2 aliphatic heterocycles. The molecular formula is C30H27Cl3F2N4O4S. The van der Waals surface area contributed by atoms with E-state index >= 15 is 0 Å². The van der Waals surface area contributed by atoms with Crippen molar-refractivity contribution < 1.29 is 23.5 Å². The number of anilines is 1. The number of rotatable bonds is 7. The van der Waals surface area contributed by atoms with Gasteiger partial charge in [0, 0.05) is 42.5 Å². The molecule has 14 heteroatoms. The number of hydrogen-bond donors (Lipinski definition) is 2. The number of nitrogens with zero attached hydrogens (tertiary/aromatic N) is 3. The van der Waals surface area contributed by atoms with E-state index in [-0.39, 0.29) is 50.3 Å². The number of H-pyrrole nitrogens is 1. The Bertz CT molecular complexity index is 1720. The van der Waals surface area contributed by atoms with E-state index in [0.717, 1.165) is 37.1 Å². The minimum Gasteiger partial charge on any atom is -0.505 e. The van der Waals surface area contributed by atoms with E-state index in [0.29, 0.717) is 47.9 Å². The zero-order valence-corrected chi connectivity index (χ0v) is 26.5. The third-order valence-electron chi connectivity index (χ3n) is 8.17. The van der Waals surface area contributed by atoms with Crippen LogP contribution in [-0.2, 0) is 18.5 Å². The van der Waals surface area contributed by atoms with Crippen LogP contribution < -0.4 is 10.5 Å². The van der Waals surface area contributed by atoms with Gasteiger partial charge in [-0.25, -0.2) is 4.79 Å². The van der Waals surface area contributed by atoms with Crippen molar-refractivity contribution in [2.75, 3.05) is 24.5 Å². The third kappa shape index (κ3) is 5.87. The maximum absolute atomic E-state index is 14.1. The van der Waals surface area contributed by atoms with Gasteiger partial charge in [-0.05, 0) is 84.7 Å². The number of amides is 3. The van der Waals surface area contributed by atoms with Crippen LogP contribution in [0.1, 0.15) is 52.0 Å². The molecule has 44 heavy (non-hydrogen) atoms. The maximum atomic E-state index is 14.1. The van der Waals surface area contributed by atoms with E-state index in [9.17, 15) is 28.3 Å². The van der Waals surface area contributed by atoms with E-state index in [2.05, 4.69) is 0 Å². The predicted molar refractivity (Wildman–Crippen MR) is 165 cm³/mol. The first-order chi connectivity index (χ1) is 20.8. The van der Waals surface area contributed by atoms with Crippen LogP contribution in [-0.4, -0.2) is 51.5 Å². The van der Waals surface area contributed by atoms with Crippen molar-refractivity contribution in [2.24, 2.45) is 5.92 Å². The summed E-state index contributed by atoms with van der Waals surface area (Å²) in [5.41, 5.74) is -0.0389. The third-order valence-corrected chi connectivity index (χ3v) is 10.4. The van der Waals surface area contributed by atoms with E-state index in [1.165, 1.54) is 4.90 Å².